The molecule has 2 fully saturated rings. The molecule has 104 valence electrons. The Hall–Kier alpha value is -0.330. The Morgan fingerprint density at radius 1 is 1.39 bits per heavy atom. The van der Waals surface area contributed by atoms with Gasteiger partial charge in [-0.2, -0.15) is 0 Å². The van der Waals surface area contributed by atoms with Crippen LogP contribution in [-0.4, -0.2) is 61.9 Å². The predicted octanol–water partition coefficient (Wildman–Crippen LogP) is 0.420. The summed E-state index contributed by atoms with van der Waals surface area (Å²) < 4.78 is 29.2. The molecule has 2 saturated heterocycles. The minimum atomic E-state index is -3.28. The average molecular weight is 296 g/mol. The van der Waals surface area contributed by atoms with Gasteiger partial charge in [0.1, 0.15) is 5.25 Å². The normalized spacial score (nSPS) is 32.2. The molecular weight excluding hydrogens is 278 g/mol. The summed E-state index contributed by atoms with van der Waals surface area (Å²) >= 11 is 5.81. The number of nitrogens with zero attached hydrogens (tertiary/aromatic N) is 1. The Labute approximate surface area is 112 Å². The lowest BCUT2D eigenvalue weighted by Crippen LogP contribution is -2.55. The van der Waals surface area contributed by atoms with Gasteiger partial charge in [0.2, 0.25) is 5.91 Å². The van der Waals surface area contributed by atoms with E-state index in [9.17, 15) is 13.2 Å². The van der Waals surface area contributed by atoms with Crippen molar-refractivity contribution in [3.05, 3.63) is 0 Å². The van der Waals surface area contributed by atoms with Gasteiger partial charge in [0.15, 0.2) is 9.84 Å². The highest BCUT2D eigenvalue weighted by molar-refractivity contribution is 7.92. The van der Waals surface area contributed by atoms with Crippen LogP contribution in [0.5, 0.6) is 0 Å². The second-order valence-electron chi connectivity index (χ2n) is 4.77. The second kappa shape index (κ2) is 5.75. The first-order valence-electron chi connectivity index (χ1n) is 6.22. The number of alkyl halides is 1. The molecule has 2 atom stereocenters. The van der Waals surface area contributed by atoms with Crippen molar-refractivity contribution in [2.75, 3.05) is 31.4 Å². The van der Waals surface area contributed by atoms with Crippen molar-refractivity contribution in [3.8, 4) is 0 Å². The number of carbonyl (C=O) groups excluding carboxylic acids is 1. The molecular formula is C11H18ClNO4S. The third-order valence-corrected chi connectivity index (χ3v) is 6.06. The van der Waals surface area contributed by atoms with E-state index in [-0.39, 0.29) is 23.6 Å². The molecule has 0 N–H and O–H groups in total. The number of amides is 1. The van der Waals surface area contributed by atoms with Crippen molar-refractivity contribution >= 4 is 27.3 Å². The number of rotatable bonds is 2. The number of hydrogen-bond acceptors (Lipinski definition) is 4. The maximum atomic E-state index is 12.4. The van der Waals surface area contributed by atoms with Crippen molar-refractivity contribution in [1.82, 2.24) is 4.90 Å². The molecule has 2 aliphatic heterocycles. The number of morpholine rings is 1. The van der Waals surface area contributed by atoms with Crippen LogP contribution in [0.1, 0.15) is 19.3 Å². The van der Waals surface area contributed by atoms with Crippen LogP contribution in [0.4, 0.5) is 0 Å². The lowest BCUT2D eigenvalue weighted by molar-refractivity contribution is -0.138. The molecule has 0 spiro atoms. The Morgan fingerprint density at radius 3 is 2.83 bits per heavy atom. The molecule has 2 unspecified atom stereocenters. The number of hydrogen-bond donors (Lipinski definition) is 0. The summed E-state index contributed by atoms with van der Waals surface area (Å²) in [5.74, 6) is 0.112. The Kier molecular flexibility index (Phi) is 4.50. The van der Waals surface area contributed by atoms with E-state index >= 15 is 0 Å². The van der Waals surface area contributed by atoms with Gasteiger partial charge < -0.3 is 9.64 Å². The van der Waals surface area contributed by atoms with Crippen LogP contribution in [0, 0.1) is 0 Å². The average Bonchev–Trinajstić information content (AvgIpc) is 2.37. The summed E-state index contributed by atoms with van der Waals surface area (Å²) in [6.45, 7) is 1.27. The second-order valence-corrected chi connectivity index (χ2v) is 7.38. The van der Waals surface area contributed by atoms with Crippen molar-refractivity contribution in [2.24, 2.45) is 0 Å². The molecule has 0 aromatic heterocycles. The Morgan fingerprint density at radius 2 is 2.17 bits per heavy atom. The molecule has 7 heteroatoms. The molecule has 0 bridgehead atoms. The molecule has 5 nitrogen and oxygen atoms in total. The van der Waals surface area contributed by atoms with Gasteiger partial charge in [-0.1, -0.05) is 6.42 Å². The summed E-state index contributed by atoms with van der Waals surface area (Å²) in [6, 6.07) is -0.204. The molecule has 2 rings (SSSR count). The highest BCUT2D eigenvalue weighted by Gasteiger charge is 2.40. The van der Waals surface area contributed by atoms with Gasteiger partial charge >= 0.3 is 0 Å². The van der Waals surface area contributed by atoms with E-state index in [0.29, 0.717) is 32.6 Å². The number of ether oxygens (including phenoxy) is 1. The SMILES string of the molecule is O=C(C1CCCCS1(=O)=O)N1CCOCC1CCl. The van der Waals surface area contributed by atoms with Gasteiger partial charge in [0.25, 0.3) is 0 Å². The summed E-state index contributed by atoms with van der Waals surface area (Å²) in [5.41, 5.74) is 0. The summed E-state index contributed by atoms with van der Waals surface area (Å²) in [5, 5.41) is -0.866. The lowest BCUT2D eigenvalue weighted by Gasteiger charge is -2.37. The lowest BCUT2D eigenvalue weighted by atomic mass is 10.1. The first-order valence-corrected chi connectivity index (χ1v) is 8.47. The van der Waals surface area contributed by atoms with Crippen LogP contribution in [0.3, 0.4) is 0 Å². The minimum absolute atomic E-state index is 0.124. The topological polar surface area (TPSA) is 63.7 Å². The van der Waals surface area contributed by atoms with Crippen LogP contribution < -0.4 is 0 Å². The summed E-state index contributed by atoms with van der Waals surface area (Å²) in [7, 11) is -3.28. The molecule has 18 heavy (non-hydrogen) atoms. The van der Waals surface area contributed by atoms with Gasteiger partial charge in [-0.25, -0.2) is 8.42 Å². The quantitative estimate of drug-likeness (QED) is 0.693. The van der Waals surface area contributed by atoms with Crippen LogP contribution in [0.25, 0.3) is 0 Å². The summed E-state index contributed by atoms with van der Waals surface area (Å²) in [6.07, 6.45) is 1.90. The van der Waals surface area contributed by atoms with Gasteiger partial charge in [-0.3, -0.25) is 4.79 Å². The fourth-order valence-electron chi connectivity index (χ4n) is 2.49. The fourth-order valence-corrected chi connectivity index (χ4v) is 4.60. The van der Waals surface area contributed by atoms with E-state index in [2.05, 4.69) is 0 Å². The maximum Gasteiger partial charge on any atom is 0.241 e. The molecule has 0 saturated carbocycles. The molecule has 0 aliphatic carbocycles. The third-order valence-electron chi connectivity index (χ3n) is 3.54. The fraction of sp³-hybridized carbons (Fsp3) is 0.909. The molecule has 0 aromatic carbocycles. The van der Waals surface area contributed by atoms with Crippen molar-refractivity contribution in [3.63, 3.8) is 0 Å². The van der Waals surface area contributed by atoms with E-state index in [1.807, 2.05) is 0 Å². The van der Waals surface area contributed by atoms with E-state index in [1.165, 1.54) is 0 Å². The molecule has 0 radical (unpaired) electrons. The number of sulfone groups is 1. The Bertz CT molecular complexity index is 411. The summed E-state index contributed by atoms with van der Waals surface area (Å²) in [4.78, 5) is 14.0. The van der Waals surface area contributed by atoms with E-state index < -0.39 is 15.1 Å². The highest BCUT2D eigenvalue weighted by Crippen LogP contribution is 2.23. The highest BCUT2D eigenvalue weighted by atomic mass is 35.5. The van der Waals surface area contributed by atoms with E-state index in [0.717, 1.165) is 6.42 Å². The first kappa shape index (κ1) is 14.1. The third kappa shape index (κ3) is 2.81. The molecule has 2 heterocycles. The largest absolute Gasteiger partial charge is 0.377 e. The van der Waals surface area contributed by atoms with Crippen LogP contribution in [0.15, 0.2) is 0 Å². The first-order chi connectivity index (χ1) is 8.56. The predicted molar refractivity (Wildman–Crippen MR) is 68.5 cm³/mol. The maximum absolute atomic E-state index is 12.4. The minimum Gasteiger partial charge on any atom is -0.377 e. The van der Waals surface area contributed by atoms with Crippen LogP contribution in [-0.2, 0) is 19.4 Å². The van der Waals surface area contributed by atoms with E-state index in [1.54, 1.807) is 4.90 Å². The molecule has 0 aromatic rings. The van der Waals surface area contributed by atoms with Crippen molar-refractivity contribution in [1.29, 1.82) is 0 Å². The zero-order chi connectivity index (χ0) is 13.2. The monoisotopic (exact) mass is 295 g/mol. The van der Waals surface area contributed by atoms with Gasteiger partial charge in [-0.15, -0.1) is 11.6 Å². The Balaban J connectivity index is 2.14. The molecule has 1 amide bonds. The van der Waals surface area contributed by atoms with Gasteiger partial charge in [0.05, 0.1) is 25.0 Å². The standard InChI is InChI=1S/C11H18ClNO4S/c12-7-9-8-17-5-4-13(9)11(14)10-3-1-2-6-18(10,15)16/h9-10H,1-8H2. The van der Waals surface area contributed by atoms with Crippen LogP contribution >= 0.6 is 11.6 Å². The van der Waals surface area contributed by atoms with Gasteiger partial charge in [-0.05, 0) is 12.8 Å². The zero-order valence-electron chi connectivity index (χ0n) is 10.2. The van der Waals surface area contributed by atoms with Crippen LogP contribution in [0.2, 0.25) is 0 Å². The van der Waals surface area contributed by atoms with Crippen molar-refractivity contribution in [2.45, 2.75) is 30.6 Å². The van der Waals surface area contributed by atoms with Gasteiger partial charge in [0, 0.05) is 12.4 Å². The number of carbonyl (C=O) groups is 1. The van der Waals surface area contributed by atoms with E-state index in [4.69, 9.17) is 16.3 Å². The molecule has 2 aliphatic rings. The van der Waals surface area contributed by atoms with Crippen molar-refractivity contribution < 1.29 is 17.9 Å². The zero-order valence-corrected chi connectivity index (χ0v) is 11.8. The number of halogens is 1. The smallest absolute Gasteiger partial charge is 0.241 e.